The first-order chi connectivity index (χ1) is 12.5. The molecule has 136 valence electrons. The molecule has 0 aliphatic carbocycles. The second kappa shape index (κ2) is 7.73. The summed E-state index contributed by atoms with van der Waals surface area (Å²) in [6, 6.07) is 13.4. The summed E-state index contributed by atoms with van der Waals surface area (Å²) in [5.41, 5.74) is 5.41. The van der Waals surface area contributed by atoms with E-state index in [1.807, 2.05) is 37.3 Å². The molecular formula is C22H26N2O2. The molecule has 1 heterocycles. The average Bonchev–Trinajstić information content (AvgIpc) is 2.63. The van der Waals surface area contributed by atoms with Gasteiger partial charge in [0.1, 0.15) is 6.04 Å². The third-order valence-corrected chi connectivity index (χ3v) is 5.07. The number of fused-ring (bicyclic) bond motifs is 1. The summed E-state index contributed by atoms with van der Waals surface area (Å²) in [5.74, 6) is -0.0888. The van der Waals surface area contributed by atoms with E-state index in [-0.39, 0.29) is 11.8 Å². The summed E-state index contributed by atoms with van der Waals surface area (Å²) in [6.45, 7) is 7.23. The lowest BCUT2D eigenvalue weighted by Crippen LogP contribution is -2.47. The van der Waals surface area contributed by atoms with Crippen molar-refractivity contribution in [1.82, 2.24) is 10.2 Å². The van der Waals surface area contributed by atoms with E-state index in [0.717, 1.165) is 23.1 Å². The van der Waals surface area contributed by atoms with Gasteiger partial charge in [-0.05, 0) is 48.1 Å². The maximum Gasteiger partial charge on any atom is 0.247 e. The van der Waals surface area contributed by atoms with Crippen molar-refractivity contribution >= 4 is 11.8 Å². The van der Waals surface area contributed by atoms with Crippen molar-refractivity contribution in [2.45, 2.75) is 46.2 Å². The van der Waals surface area contributed by atoms with E-state index >= 15 is 0 Å². The smallest absolute Gasteiger partial charge is 0.247 e. The van der Waals surface area contributed by atoms with Gasteiger partial charge in [0, 0.05) is 13.1 Å². The van der Waals surface area contributed by atoms with Crippen molar-refractivity contribution in [2.24, 2.45) is 0 Å². The topological polar surface area (TPSA) is 49.4 Å². The Morgan fingerprint density at radius 1 is 1.15 bits per heavy atom. The van der Waals surface area contributed by atoms with Crippen LogP contribution < -0.4 is 5.32 Å². The summed E-state index contributed by atoms with van der Waals surface area (Å²) >= 11 is 0. The molecule has 2 aromatic carbocycles. The minimum absolute atomic E-state index is 0.0249. The minimum Gasteiger partial charge on any atom is -0.350 e. The SMILES string of the molecule is CCCN1C(=O)Cc2ccccc2C1C(=O)NCc1ccc(C)c(C)c1. The van der Waals surface area contributed by atoms with E-state index in [2.05, 4.69) is 31.3 Å². The van der Waals surface area contributed by atoms with Crippen molar-refractivity contribution in [3.63, 3.8) is 0 Å². The highest BCUT2D eigenvalue weighted by Crippen LogP contribution is 2.30. The molecule has 0 saturated carbocycles. The van der Waals surface area contributed by atoms with Gasteiger partial charge in [0.25, 0.3) is 0 Å². The molecule has 1 N–H and O–H groups in total. The van der Waals surface area contributed by atoms with Crippen LogP contribution in [0.5, 0.6) is 0 Å². The Bertz CT molecular complexity index is 829. The molecule has 4 nitrogen and oxygen atoms in total. The Labute approximate surface area is 155 Å². The van der Waals surface area contributed by atoms with Crippen LogP contribution in [-0.4, -0.2) is 23.3 Å². The van der Waals surface area contributed by atoms with Gasteiger partial charge in [-0.25, -0.2) is 0 Å². The molecule has 3 rings (SSSR count). The third-order valence-electron chi connectivity index (χ3n) is 5.07. The standard InChI is InChI=1S/C22H26N2O2/c1-4-11-24-20(25)13-18-7-5-6-8-19(18)21(24)22(26)23-14-17-10-9-15(2)16(3)12-17/h5-10,12,21H,4,11,13-14H2,1-3H3,(H,23,26). The second-order valence-corrected chi connectivity index (χ2v) is 7.00. The molecular weight excluding hydrogens is 324 g/mol. The Morgan fingerprint density at radius 2 is 1.92 bits per heavy atom. The fourth-order valence-corrected chi connectivity index (χ4v) is 3.52. The van der Waals surface area contributed by atoms with E-state index in [9.17, 15) is 9.59 Å². The van der Waals surface area contributed by atoms with Crippen LogP contribution in [-0.2, 0) is 22.6 Å². The van der Waals surface area contributed by atoms with Crippen molar-refractivity contribution < 1.29 is 9.59 Å². The first-order valence-electron chi connectivity index (χ1n) is 9.22. The molecule has 2 amide bonds. The monoisotopic (exact) mass is 350 g/mol. The minimum atomic E-state index is -0.543. The maximum absolute atomic E-state index is 13.0. The lowest BCUT2D eigenvalue weighted by molar-refractivity contribution is -0.141. The number of benzene rings is 2. The van der Waals surface area contributed by atoms with Crippen molar-refractivity contribution in [1.29, 1.82) is 0 Å². The number of carbonyl (C=O) groups excluding carboxylic acids is 2. The molecule has 1 aliphatic rings. The highest BCUT2D eigenvalue weighted by Gasteiger charge is 2.36. The number of carbonyl (C=O) groups is 2. The molecule has 26 heavy (non-hydrogen) atoms. The summed E-state index contributed by atoms with van der Waals surface area (Å²) in [7, 11) is 0. The van der Waals surface area contributed by atoms with Gasteiger partial charge in [0.15, 0.2) is 0 Å². The molecule has 0 saturated heterocycles. The predicted octanol–water partition coefficient (Wildman–Crippen LogP) is 3.46. The molecule has 0 bridgehead atoms. The summed E-state index contributed by atoms with van der Waals surface area (Å²) in [6.07, 6.45) is 1.20. The summed E-state index contributed by atoms with van der Waals surface area (Å²) < 4.78 is 0. The quantitative estimate of drug-likeness (QED) is 0.898. The summed E-state index contributed by atoms with van der Waals surface area (Å²) in [4.78, 5) is 27.3. The van der Waals surface area contributed by atoms with Crippen LogP contribution in [0.4, 0.5) is 0 Å². The number of nitrogens with one attached hydrogen (secondary N) is 1. The Hall–Kier alpha value is -2.62. The number of hydrogen-bond acceptors (Lipinski definition) is 2. The van der Waals surface area contributed by atoms with Crippen LogP contribution in [0.1, 0.15) is 47.2 Å². The molecule has 0 fully saturated rings. The van der Waals surface area contributed by atoms with Gasteiger partial charge in [0.2, 0.25) is 11.8 Å². The van der Waals surface area contributed by atoms with Gasteiger partial charge in [-0.2, -0.15) is 0 Å². The van der Waals surface area contributed by atoms with Crippen molar-refractivity contribution in [3.8, 4) is 0 Å². The van der Waals surface area contributed by atoms with Gasteiger partial charge < -0.3 is 10.2 Å². The van der Waals surface area contributed by atoms with E-state index in [4.69, 9.17) is 0 Å². The molecule has 1 atom stereocenters. The Balaban J connectivity index is 1.82. The molecule has 4 heteroatoms. The highest BCUT2D eigenvalue weighted by atomic mass is 16.2. The fourth-order valence-electron chi connectivity index (χ4n) is 3.52. The fraction of sp³-hybridized carbons (Fsp3) is 0.364. The van der Waals surface area contributed by atoms with E-state index in [0.29, 0.717) is 19.5 Å². The second-order valence-electron chi connectivity index (χ2n) is 7.00. The first kappa shape index (κ1) is 18.2. The zero-order valence-corrected chi connectivity index (χ0v) is 15.7. The van der Waals surface area contributed by atoms with Gasteiger partial charge >= 0.3 is 0 Å². The van der Waals surface area contributed by atoms with E-state index in [1.165, 1.54) is 11.1 Å². The number of amides is 2. The average molecular weight is 350 g/mol. The van der Waals surface area contributed by atoms with Crippen LogP contribution >= 0.6 is 0 Å². The van der Waals surface area contributed by atoms with E-state index < -0.39 is 6.04 Å². The number of hydrogen-bond donors (Lipinski definition) is 1. The lowest BCUT2D eigenvalue weighted by atomic mass is 9.91. The van der Waals surface area contributed by atoms with Crippen LogP contribution in [0.2, 0.25) is 0 Å². The Kier molecular flexibility index (Phi) is 5.40. The summed E-state index contributed by atoms with van der Waals surface area (Å²) in [5, 5.41) is 3.03. The first-order valence-corrected chi connectivity index (χ1v) is 9.22. The molecule has 0 radical (unpaired) electrons. The molecule has 1 aliphatic heterocycles. The molecule has 0 aromatic heterocycles. The zero-order valence-electron chi connectivity index (χ0n) is 15.7. The number of rotatable bonds is 5. The number of aryl methyl sites for hydroxylation is 2. The molecule has 2 aromatic rings. The predicted molar refractivity (Wildman–Crippen MR) is 103 cm³/mol. The van der Waals surface area contributed by atoms with Crippen molar-refractivity contribution in [3.05, 3.63) is 70.3 Å². The van der Waals surface area contributed by atoms with Crippen LogP contribution in [0, 0.1) is 13.8 Å². The zero-order chi connectivity index (χ0) is 18.7. The maximum atomic E-state index is 13.0. The highest BCUT2D eigenvalue weighted by molar-refractivity contribution is 5.92. The van der Waals surface area contributed by atoms with Gasteiger partial charge in [-0.15, -0.1) is 0 Å². The van der Waals surface area contributed by atoms with Crippen LogP contribution in [0.15, 0.2) is 42.5 Å². The normalized spacial score (nSPS) is 16.3. The lowest BCUT2D eigenvalue weighted by Gasteiger charge is -2.36. The van der Waals surface area contributed by atoms with Gasteiger partial charge in [-0.3, -0.25) is 9.59 Å². The largest absolute Gasteiger partial charge is 0.350 e. The van der Waals surface area contributed by atoms with Crippen LogP contribution in [0.3, 0.4) is 0 Å². The van der Waals surface area contributed by atoms with Crippen molar-refractivity contribution in [2.75, 3.05) is 6.54 Å². The van der Waals surface area contributed by atoms with Gasteiger partial charge in [-0.1, -0.05) is 49.4 Å². The third kappa shape index (κ3) is 3.64. The van der Waals surface area contributed by atoms with Gasteiger partial charge in [0.05, 0.1) is 6.42 Å². The number of nitrogens with zero attached hydrogens (tertiary/aromatic N) is 1. The molecule has 1 unspecified atom stereocenters. The molecule has 0 spiro atoms. The van der Waals surface area contributed by atoms with Crippen LogP contribution in [0.25, 0.3) is 0 Å². The Morgan fingerprint density at radius 3 is 2.65 bits per heavy atom. The van der Waals surface area contributed by atoms with E-state index in [1.54, 1.807) is 4.90 Å².